The van der Waals surface area contributed by atoms with Crippen molar-refractivity contribution in [1.29, 1.82) is 0 Å². The monoisotopic (exact) mass is 283 g/mol. The van der Waals surface area contributed by atoms with Crippen LogP contribution >= 0.6 is 11.6 Å². The first kappa shape index (κ1) is 14.6. The molecule has 0 spiro atoms. The van der Waals surface area contributed by atoms with E-state index in [0.29, 0.717) is 18.6 Å². The van der Waals surface area contributed by atoms with Gasteiger partial charge in [0.25, 0.3) is 0 Å². The zero-order chi connectivity index (χ0) is 13.7. The van der Waals surface area contributed by atoms with Gasteiger partial charge in [0.15, 0.2) is 0 Å². The maximum atomic E-state index is 6.01. The molecule has 2 atom stereocenters. The van der Waals surface area contributed by atoms with Crippen LogP contribution in [0.3, 0.4) is 0 Å². The van der Waals surface area contributed by atoms with Gasteiger partial charge in [0.05, 0.1) is 6.61 Å². The van der Waals surface area contributed by atoms with Crippen molar-refractivity contribution >= 4 is 11.6 Å². The Labute approximate surface area is 120 Å². The maximum absolute atomic E-state index is 6.01. The first-order valence-electron chi connectivity index (χ1n) is 6.90. The van der Waals surface area contributed by atoms with Crippen LogP contribution < -0.4 is 10.1 Å². The second kappa shape index (κ2) is 7.13. The Kier molecular flexibility index (Phi) is 5.49. The molecule has 2 rings (SSSR count). The summed E-state index contributed by atoms with van der Waals surface area (Å²) in [6.07, 6.45) is 1.11. The van der Waals surface area contributed by atoms with E-state index in [1.165, 1.54) is 0 Å². The molecule has 0 saturated carbocycles. The number of nitrogens with one attached hydrogen (secondary N) is 1. The van der Waals surface area contributed by atoms with Crippen LogP contribution in [-0.2, 0) is 4.74 Å². The Morgan fingerprint density at radius 2 is 2.37 bits per heavy atom. The van der Waals surface area contributed by atoms with E-state index in [0.717, 1.165) is 42.5 Å². The first-order chi connectivity index (χ1) is 9.20. The summed E-state index contributed by atoms with van der Waals surface area (Å²) in [7, 11) is 0. The van der Waals surface area contributed by atoms with Crippen molar-refractivity contribution in [2.45, 2.75) is 26.3 Å². The second-order valence-corrected chi connectivity index (χ2v) is 5.42. The maximum Gasteiger partial charge on any atom is 0.119 e. The number of hydrogen-bond donors (Lipinski definition) is 1. The molecule has 3 nitrogen and oxygen atoms in total. The number of rotatable bonds is 6. The Balaban J connectivity index is 1.91. The zero-order valence-electron chi connectivity index (χ0n) is 11.6. The summed E-state index contributed by atoms with van der Waals surface area (Å²) in [6, 6.07) is 6.14. The number of likely N-dealkylation sites (N-methyl/N-ethyl adjacent to an activating group) is 1. The molecule has 0 aromatic heterocycles. The molecule has 106 valence electrons. The van der Waals surface area contributed by atoms with E-state index in [-0.39, 0.29) is 0 Å². The molecule has 19 heavy (non-hydrogen) atoms. The topological polar surface area (TPSA) is 30.5 Å². The second-order valence-electron chi connectivity index (χ2n) is 5.01. The van der Waals surface area contributed by atoms with Gasteiger partial charge >= 0.3 is 0 Å². The van der Waals surface area contributed by atoms with Crippen molar-refractivity contribution in [2.75, 3.05) is 26.4 Å². The van der Waals surface area contributed by atoms with Crippen molar-refractivity contribution in [2.24, 2.45) is 5.92 Å². The highest BCUT2D eigenvalue weighted by Gasteiger charge is 2.25. The van der Waals surface area contributed by atoms with Crippen LogP contribution in [0.1, 0.15) is 18.9 Å². The molecular formula is C15H22ClNO2. The van der Waals surface area contributed by atoms with Gasteiger partial charge in [-0.2, -0.15) is 0 Å². The average molecular weight is 284 g/mol. The molecule has 0 amide bonds. The third-order valence-corrected chi connectivity index (χ3v) is 3.98. The van der Waals surface area contributed by atoms with Crippen molar-refractivity contribution in [3.63, 3.8) is 0 Å². The highest BCUT2D eigenvalue weighted by molar-refractivity contribution is 6.31. The zero-order valence-corrected chi connectivity index (χ0v) is 12.4. The molecule has 1 aromatic carbocycles. The van der Waals surface area contributed by atoms with E-state index in [9.17, 15) is 0 Å². The lowest BCUT2D eigenvalue weighted by atomic mass is 10.00. The van der Waals surface area contributed by atoms with E-state index in [1.54, 1.807) is 0 Å². The summed E-state index contributed by atoms with van der Waals surface area (Å²) in [5, 5.41) is 4.27. The third-order valence-electron chi connectivity index (χ3n) is 3.56. The molecule has 1 aliphatic heterocycles. The Hall–Kier alpha value is -0.770. The summed E-state index contributed by atoms with van der Waals surface area (Å²) < 4.78 is 11.4. The standard InChI is InChI=1S/C15H22ClNO2/c1-3-17-15(12-6-7-18-9-12)10-19-13-4-5-14(16)11(2)8-13/h4-5,8,12,15,17H,3,6-7,9-10H2,1-2H3. The molecule has 1 aromatic rings. The molecule has 1 heterocycles. The SMILES string of the molecule is CCNC(COc1ccc(Cl)c(C)c1)C1CCOC1. The lowest BCUT2D eigenvalue weighted by molar-refractivity contribution is 0.161. The molecule has 0 radical (unpaired) electrons. The van der Waals surface area contributed by atoms with E-state index in [1.807, 2.05) is 25.1 Å². The quantitative estimate of drug-likeness (QED) is 0.870. The Bertz CT molecular complexity index is 405. The van der Waals surface area contributed by atoms with Crippen LogP contribution in [0.2, 0.25) is 5.02 Å². The van der Waals surface area contributed by atoms with Crippen molar-refractivity contribution < 1.29 is 9.47 Å². The fourth-order valence-electron chi connectivity index (χ4n) is 2.39. The van der Waals surface area contributed by atoms with Crippen LogP contribution in [-0.4, -0.2) is 32.4 Å². The Morgan fingerprint density at radius 3 is 3.00 bits per heavy atom. The van der Waals surface area contributed by atoms with Gasteiger partial charge in [-0.25, -0.2) is 0 Å². The predicted molar refractivity (Wildman–Crippen MR) is 78.1 cm³/mol. The smallest absolute Gasteiger partial charge is 0.119 e. The van der Waals surface area contributed by atoms with E-state index in [2.05, 4.69) is 12.2 Å². The highest BCUT2D eigenvalue weighted by Crippen LogP contribution is 2.22. The molecule has 1 aliphatic rings. The highest BCUT2D eigenvalue weighted by atomic mass is 35.5. The normalized spacial score (nSPS) is 20.5. The molecule has 1 N–H and O–H groups in total. The summed E-state index contributed by atoms with van der Waals surface area (Å²) >= 11 is 6.01. The number of aryl methyl sites for hydroxylation is 1. The van der Waals surface area contributed by atoms with Crippen LogP contribution in [0.5, 0.6) is 5.75 Å². The number of ether oxygens (including phenoxy) is 2. The van der Waals surface area contributed by atoms with E-state index < -0.39 is 0 Å². The number of hydrogen-bond acceptors (Lipinski definition) is 3. The molecule has 1 fully saturated rings. The average Bonchev–Trinajstić information content (AvgIpc) is 2.92. The molecule has 0 bridgehead atoms. The van der Waals surface area contributed by atoms with Gasteiger partial charge < -0.3 is 14.8 Å². The molecule has 4 heteroatoms. The summed E-state index contributed by atoms with van der Waals surface area (Å²) in [5.41, 5.74) is 1.04. The molecule has 0 aliphatic carbocycles. The van der Waals surface area contributed by atoms with E-state index >= 15 is 0 Å². The summed E-state index contributed by atoms with van der Waals surface area (Å²) in [5.74, 6) is 1.43. The summed E-state index contributed by atoms with van der Waals surface area (Å²) in [4.78, 5) is 0. The van der Waals surface area contributed by atoms with E-state index in [4.69, 9.17) is 21.1 Å². The molecule has 2 unspecified atom stereocenters. The molecule has 1 saturated heterocycles. The van der Waals surface area contributed by atoms with Crippen LogP contribution in [0.4, 0.5) is 0 Å². The van der Waals surface area contributed by atoms with Gasteiger partial charge in [-0.1, -0.05) is 18.5 Å². The minimum atomic E-state index is 0.350. The third kappa shape index (κ3) is 4.10. The number of halogens is 1. The fourth-order valence-corrected chi connectivity index (χ4v) is 2.50. The fraction of sp³-hybridized carbons (Fsp3) is 0.600. The van der Waals surface area contributed by atoms with Gasteiger partial charge in [0.2, 0.25) is 0 Å². The van der Waals surface area contributed by atoms with Gasteiger partial charge in [-0.05, 0) is 43.7 Å². The minimum Gasteiger partial charge on any atom is -0.492 e. The minimum absolute atomic E-state index is 0.350. The van der Waals surface area contributed by atoms with Gasteiger partial charge in [0.1, 0.15) is 12.4 Å². The van der Waals surface area contributed by atoms with Crippen molar-refractivity contribution in [1.82, 2.24) is 5.32 Å². The largest absolute Gasteiger partial charge is 0.492 e. The van der Waals surface area contributed by atoms with Gasteiger partial charge in [-0.15, -0.1) is 0 Å². The van der Waals surface area contributed by atoms with Crippen LogP contribution in [0.25, 0.3) is 0 Å². The predicted octanol–water partition coefficient (Wildman–Crippen LogP) is 3.04. The lowest BCUT2D eigenvalue weighted by Crippen LogP contribution is -2.41. The Morgan fingerprint density at radius 1 is 1.53 bits per heavy atom. The lowest BCUT2D eigenvalue weighted by Gasteiger charge is -2.23. The van der Waals surface area contributed by atoms with Crippen molar-refractivity contribution in [3.8, 4) is 5.75 Å². The van der Waals surface area contributed by atoms with Crippen LogP contribution in [0.15, 0.2) is 18.2 Å². The summed E-state index contributed by atoms with van der Waals surface area (Å²) in [6.45, 7) is 7.43. The number of benzene rings is 1. The first-order valence-corrected chi connectivity index (χ1v) is 7.28. The van der Waals surface area contributed by atoms with Crippen molar-refractivity contribution in [3.05, 3.63) is 28.8 Å². The van der Waals surface area contributed by atoms with Gasteiger partial charge in [-0.3, -0.25) is 0 Å². The van der Waals surface area contributed by atoms with Gasteiger partial charge in [0, 0.05) is 23.6 Å². The molecular weight excluding hydrogens is 262 g/mol. The van der Waals surface area contributed by atoms with Crippen LogP contribution in [0, 0.1) is 12.8 Å².